The average molecular weight is 325 g/mol. The predicted molar refractivity (Wildman–Crippen MR) is 104 cm³/mol. The lowest BCUT2D eigenvalue weighted by molar-refractivity contribution is 0.437. The van der Waals surface area contributed by atoms with E-state index in [4.69, 9.17) is 0 Å². The average Bonchev–Trinajstić information content (AvgIpc) is 2.47. The van der Waals surface area contributed by atoms with Crippen LogP contribution in [-0.2, 0) is 17.4 Å². The number of anilines is 1. The number of benzene rings is 2. The third-order valence-corrected chi connectivity index (χ3v) is 4.47. The maximum absolute atomic E-state index is 10.9. The molecule has 0 aliphatic carbocycles. The summed E-state index contributed by atoms with van der Waals surface area (Å²) >= 11 is 0. The number of hydrogen-bond donors (Lipinski definition) is 1. The number of nitrogens with zero attached hydrogens (tertiary/aromatic N) is 1. The lowest BCUT2D eigenvalue weighted by Crippen LogP contribution is -2.21. The Morgan fingerprint density at radius 3 is 1.96 bits per heavy atom. The fraction of sp³-hybridized carbons (Fsp3) is 0.455. The minimum Gasteiger partial charge on any atom is -0.507 e. The second-order valence-corrected chi connectivity index (χ2v) is 8.72. The van der Waals surface area contributed by atoms with Crippen LogP contribution in [0, 0.1) is 0 Å². The molecule has 2 rings (SSSR count). The number of phenolic OH excluding ortho intramolecular Hbond substituents is 1. The summed E-state index contributed by atoms with van der Waals surface area (Å²) in [6.45, 7) is 13.8. The molecule has 0 aliphatic heterocycles. The van der Waals surface area contributed by atoms with E-state index in [0.29, 0.717) is 12.3 Å². The van der Waals surface area contributed by atoms with Crippen LogP contribution in [0.5, 0.6) is 5.75 Å². The van der Waals surface area contributed by atoms with E-state index in [1.807, 2.05) is 18.2 Å². The third-order valence-electron chi connectivity index (χ3n) is 4.47. The zero-order valence-corrected chi connectivity index (χ0v) is 16.1. The van der Waals surface area contributed by atoms with E-state index in [-0.39, 0.29) is 10.8 Å². The monoisotopic (exact) mass is 325 g/mol. The van der Waals surface area contributed by atoms with Gasteiger partial charge in [0.2, 0.25) is 0 Å². The van der Waals surface area contributed by atoms with Crippen molar-refractivity contribution >= 4 is 5.69 Å². The normalized spacial score (nSPS) is 12.3. The SMILES string of the molecule is CN(Cc1cc(C(C)(C)C)cc(C(C)(C)C)c1O)c1ccccc1. The Hall–Kier alpha value is -1.96. The Kier molecular flexibility index (Phi) is 4.98. The van der Waals surface area contributed by atoms with Crippen molar-refractivity contribution in [3.63, 3.8) is 0 Å². The molecule has 24 heavy (non-hydrogen) atoms. The van der Waals surface area contributed by atoms with Crippen molar-refractivity contribution in [3.8, 4) is 5.75 Å². The molecule has 0 bridgehead atoms. The molecule has 0 unspecified atom stereocenters. The van der Waals surface area contributed by atoms with E-state index in [1.165, 1.54) is 5.56 Å². The summed E-state index contributed by atoms with van der Waals surface area (Å²) in [5, 5.41) is 10.9. The van der Waals surface area contributed by atoms with E-state index in [0.717, 1.165) is 16.8 Å². The highest BCUT2D eigenvalue weighted by molar-refractivity contribution is 5.52. The van der Waals surface area contributed by atoms with Crippen molar-refractivity contribution in [1.82, 2.24) is 0 Å². The highest BCUT2D eigenvalue weighted by Gasteiger charge is 2.25. The summed E-state index contributed by atoms with van der Waals surface area (Å²) in [4.78, 5) is 2.17. The Morgan fingerprint density at radius 1 is 0.875 bits per heavy atom. The van der Waals surface area contributed by atoms with Crippen LogP contribution in [0.3, 0.4) is 0 Å². The second-order valence-electron chi connectivity index (χ2n) is 8.72. The van der Waals surface area contributed by atoms with Gasteiger partial charge in [0.15, 0.2) is 0 Å². The van der Waals surface area contributed by atoms with E-state index in [9.17, 15) is 5.11 Å². The Balaban J connectivity index is 2.49. The fourth-order valence-corrected chi connectivity index (χ4v) is 2.85. The molecule has 0 aromatic heterocycles. The number of phenols is 1. The lowest BCUT2D eigenvalue weighted by atomic mass is 9.79. The van der Waals surface area contributed by atoms with Crippen molar-refractivity contribution in [2.24, 2.45) is 0 Å². The van der Waals surface area contributed by atoms with Gasteiger partial charge in [-0.25, -0.2) is 0 Å². The van der Waals surface area contributed by atoms with Gasteiger partial charge < -0.3 is 10.0 Å². The first-order chi connectivity index (χ1) is 11.0. The van der Waals surface area contributed by atoms with Crippen LogP contribution in [0.1, 0.15) is 58.2 Å². The smallest absolute Gasteiger partial charge is 0.124 e. The molecule has 0 fully saturated rings. The molecule has 0 heterocycles. The van der Waals surface area contributed by atoms with Gasteiger partial charge in [-0.2, -0.15) is 0 Å². The first-order valence-corrected chi connectivity index (χ1v) is 8.63. The van der Waals surface area contributed by atoms with Gasteiger partial charge in [-0.05, 0) is 40.2 Å². The molecule has 2 heteroatoms. The maximum Gasteiger partial charge on any atom is 0.124 e. The van der Waals surface area contributed by atoms with E-state index < -0.39 is 0 Å². The van der Waals surface area contributed by atoms with Crippen molar-refractivity contribution in [3.05, 3.63) is 59.2 Å². The van der Waals surface area contributed by atoms with Gasteiger partial charge in [-0.15, -0.1) is 0 Å². The Morgan fingerprint density at radius 2 is 1.46 bits per heavy atom. The molecule has 0 radical (unpaired) electrons. The van der Waals surface area contributed by atoms with Crippen LogP contribution < -0.4 is 4.90 Å². The van der Waals surface area contributed by atoms with Crippen LogP contribution in [0.15, 0.2) is 42.5 Å². The quantitative estimate of drug-likeness (QED) is 0.791. The van der Waals surface area contributed by atoms with Gasteiger partial charge >= 0.3 is 0 Å². The molecule has 0 spiro atoms. The zero-order chi connectivity index (χ0) is 18.1. The van der Waals surface area contributed by atoms with E-state index in [2.05, 4.69) is 77.8 Å². The van der Waals surface area contributed by atoms with Crippen LogP contribution in [0.25, 0.3) is 0 Å². The highest BCUT2D eigenvalue weighted by Crippen LogP contribution is 2.38. The number of hydrogen-bond acceptors (Lipinski definition) is 2. The Bertz CT molecular complexity index is 690. The van der Waals surface area contributed by atoms with Gasteiger partial charge in [-0.1, -0.05) is 65.8 Å². The molecule has 130 valence electrons. The van der Waals surface area contributed by atoms with Crippen molar-refractivity contribution in [2.75, 3.05) is 11.9 Å². The van der Waals surface area contributed by atoms with E-state index in [1.54, 1.807) is 0 Å². The highest BCUT2D eigenvalue weighted by atomic mass is 16.3. The molecule has 0 aliphatic rings. The standard InChI is InChI=1S/C22H31NO/c1-21(2,3)17-13-16(20(24)19(14-17)22(4,5)6)15-23(7)18-11-9-8-10-12-18/h8-14,24H,15H2,1-7H3. The minimum atomic E-state index is -0.0919. The first kappa shape index (κ1) is 18.4. The molecule has 0 amide bonds. The molecular weight excluding hydrogens is 294 g/mol. The lowest BCUT2D eigenvalue weighted by Gasteiger charge is -2.29. The summed E-state index contributed by atoms with van der Waals surface area (Å²) in [6.07, 6.45) is 0. The van der Waals surface area contributed by atoms with Crippen LogP contribution in [-0.4, -0.2) is 12.2 Å². The molecule has 0 saturated heterocycles. The van der Waals surface area contributed by atoms with Gasteiger partial charge in [0, 0.05) is 24.8 Å². The predicted octanol–water partition coefficient (Wildman–Crippen LogP) is 5.62. The van der Waals surface area contributed by atoms with Crippen molar-refractivity contribution in [1.29, 1.82) is 0 Å². The summed E-state index contributed by atoms with van der Waals surface area (Å²) < 4.78 is 0. The molecular formula is C22H31NO. The largest absolute Gasteiger partial charge is 0.507 e. The first-order valence-electron chi connectivity index (χ1n) is 8.63. The fourth-order valence-electron chi connectivity index (χ4n) is 2.85. The van der Waals surface area contributed by atoms with Gasteiger partial charge in [0.25, 0.3) is 0 Å². The summed E-state index contributed by atoms with van der Waals surface area (Å²) in [5.41, 5.74) is 4.38. The maximum atomic E-state index is 10.9. The topological polar surface area (TPSA) is 23.5 Å². The van der Waals surface area contributed by atoms with Crippen LogP contribution >= 0.6 is 0 Å². The second kappa shape index (κ2) is 6.51. The summed E-state index contributed by atoms with van der Waals surface area (Å²) in [7, 11) is 2.06. The number of para-hydroxylation sites is 1. The molecule has 2 nitrogen and oxygen atoms in total. The minimum absolute atomic E-state index is 0.0494. The Labute approximate surface area is 147 Å². The molecule has 0 atom stereocenters. The number of rotatable bonds is 3. The zero-order valence-electron chi connectivity index (χ0n) is 16.1. The third kappa shape index (κ3) is 4.11. The van der Waals surface area contributed by atoms with Gasteiger partial charge in [0.1, 0.15) is 5.75 Å². The van der Waals surface area contributed by atoms with Crippen molar-refractivity contribution < 1.29 is 5.11 Å². The van der Waals surface area contributed by atoms with Crippen LogP contribution in [0.4, 0.5) is 5.69 Å². The van der Waals surface area contributed by atoms with Crippen LogP contribution in [0.2, 0.25) is 0 Å². The van der Waals surface area contributed by atoms with E-state index >= 15 is 0 Å². The summed E-state index contributed by atoms with van der Waals surface area (Å²) in [5.74, 6) is 0.429. The molecule has 1 N–H and O–H groups in total. The van der Waals surface area contributed by atoms with Crippen molar-refractivity contribution in [2.45, 2.75) is 58.9 Å². The molecule has 0 saturated carbocycles. The van der Waals surface area contributed by atoms with Gasteiger partial charge in [-0.3, -0.25) is 0 Å². The number of aromatic hydroxyl groups is 1. The molecule has 2 aromatic rings. The summed E-state index contributed by atoms with van der Waals surface area (Å²) in [6, 6.07) is 14.6. The van der Waals surface area contributed by atoms with Gasteiger partial charge in [0.05, 0.1) is 0 Å². The molecule has 2 aromatic carbocycles.